The second-order valence-electron chi connectivity index (χ2n) is 3.51. The number of nitrogens with zero attached hydrogens (tertiary/aromatic N) is 3. The molecule has 0 saturated heterocycles. The highest BCUT2D eigenvalue weighted by Gasteiger charge is 2.03. The van der Waals surface area contributed by atoms with E-state index in [1.54, 1.807) is 12.4 Å². The van der Waals surface area contributed by atoms with Gasteiger partial charge in [-0.1, -0.05) is 6.07 Å². The molecule has 0 aliphatic carbocycles. The van der Waals surface area contributed by atoms with Crippen LogP contribution in [0.1, 0.15) is 5.69 Å². The van der Waals surface area contributed by atoms with Crippen molar-refractivity contribution in [1.29, 1.82) is 0 Å². The van der Waals surface area contributed by atoms with Gasteiger partial charge in [0.25, 0.3) is 0 Å². The quantitative estimate of drug-likeness (QED) is 0.864. The molecule has 2 aromatic heterocycles. The van der Waals surface area contributed by atoms with Crippen LogP contribution in [0.15, 0.2) is 47.2 Å². The number of aromatic nitrogens is 2. The molecule has 0 aliphatic rings. The zero-order valence-electron chi connectivity index (χ0n) is 8.97. The number of halogens is 1. The number of pyridine rings is 2. The van der Waals surface area contributed by atoms with Gasteiger partial charge in [0, 0.05) is 23.9 Å². The molecule has 0 aliphatic heterocycles. The van der Waals surface area contributed by atoms with Crippen molar-refractivity contribution in [1.82, 2.24) is 9.97 Å². The van der Waals surface area contributed by atoms with Gasteiger partial charge in [0.2, 0.25) is 0 Å². The van der Waals surface area contributed by atoms with Gasteiger partial charge in [-0.2, -0.15) is 0 Å². The number of hydrogen-bond donors (Lipinski definition) is 0. The average Bonchev–Trinajstić information content (AvgIpc) is 2.31. The molecule has 0 amide bonds. The van der Waals surface area contributed by atoms with E-state index in [2.05, 4.69) is 30.8 Å². The molecule has 2 aromatic rings. The molecule has 0 saturated carbocycles. The number of rotatable bonds is 3. The first-order valence-corrected chi connectivity index (χ1v) is 5.77. The van der Waals surface area contributed by atoms with Gasteiger partial charge in [-0.3, -0.25) is 4.98 Å². The minimum atomic E-state index is 0.759. The van der Waals surface area contributed by atoms with Crippen LogP contribution in [-0.2, 0) is 6.54 Å². The molecule has 0 atom stereocenters. The third-order valence-corrected chi connectivity index (χ3v) is 2.70. The first-order valence-electron chi connectivity index (χ1n) is 4.98. The Kier molecular flexibility index (Phi) is 3.51. The molecule has 82 valence electrons. The minimum absolute atomic E-state index is 0.759. The monoisotopic (exact) mass is 277 g/mol. The summed E-state index contributed by atoms with van der Waals surface area (Å²) in [5.41, 5.74) is 1.04. The van der Waals surface area contributed by atoms with Crippen LogP contribution in [0.3, 0.4) is 0 Å². The summed E-state index contributed by atoms with van der Waals surface area (Å²) < 4.78 is 0.988. The standard InChI is InChI=1S/C12H12BrN3/c1-16(9-11-4-2-3-7-14-11)12-6-5-10(13)8-15-12/h2-8H,9H2,1H3. The van der Waals surface area contributed by atoms with Crippen LogP contribution < -0.4 is 4.90 Å². The Bertz CT molecular complexity index is 442. The van der Waals surface area contributed by atoms with Crippen molar-refractivity contribution < 1.29 is 0 Å². The lowest BCUT2D eigenvalue weighted by atomic mass is 10.3. The summed E-state index contributed by atoms with van der Waals surface area (Å²) in [6.07, 6.45) is 3.60. The molecule has 0 radical (unpaired) electrons. The Morgan fingerprint density at radius 2 is 2.06 bits per heavy atom. The van der Waals surface area contributed by atoms with Crippen molar-refractivity contribution in [2.45, 2.75) is 6.54 Å². The molecule has 0 spiro atoms. The summed E-state index contributed by atoms with van der Waals surface area (Å²) in [5.74, 6) is 0.939. The van der Waals surface area contributed by atoms with Crippen molar-refractivity contribution in [2.75, 3.05) is 11.9 Å². The van der Waals surface area contributed by atoms with E-state index in [1.807, 2.05) is 37.4 Å². The Morgan fingerprint density at radius 3 is 2.69 bits per heavy atom. The lowest BCUT2D eigenvalue weighted by molar-refractivity contribution is 0.865. The van der Waals surface area contributed by atoms with Gasteiger partial charge in [-0.15, -0.1) is 0 Å². The third kappa shape index (κ3) is 2.79. The van der Waals surface area contributed by atoms with Crippen LogP contribution in [-0.4, -0.2) is 17.0 Å². The van der Waals surface area contributed by atoms with E-state index < -0.39 is 0 Å². The molecular formula is C12H12BrN3. The maximum Gasteiger partial charge on any atom is 0.128 e. The molecule has 2 heterocycles. The summed E-state index contributed by atoms with van der Waals surface area (Å²) in [7, 11) is 2.00. The molecular weight excluding hydrogens is 266 g/mol. The van der Waals surface area contributed by atoms with Crippen LogP contribution >= 0.6 is 15.9 Å². The van der Waals surface area contributed by atoms with E-state index >= 15 is 0 Å². The molecule has 0 fully saturated rings. The maximum absolute atomic E-state index is 4.33. The lowest BCUT2D eigenvalue weighted by Crippen LogP contribution is -2.18. The van der Waals surface area contributed by atoms with E-state index in [0.29, 0.717) is 0 Å². The van der Waals surface area contributed by atoms with Crippen molar-refractivity contribution in [3.8, 4) is 0 Å². The van der Waals surface area contributed by atoms with Gasteiger partial charge >= 0.3 is 0 Å². The second-order valence-corrected chi connectivity index (χ2v) is 4.43. The summed E-state index contributed by atoms with van der Waals surface area (Å²) in [6.45, 7) is 0.759. The fourth-order valence-electron chi connectivity index (χ4n) is 1.41. The first kappa shape index (κ1) is 11.1. The molecule has 0 aromatic carbocycles. The molecule has 0 unspecified atom stereocenters. The predicted octanol–water partition coefficient (Wildman–Crippen LogP) is 2.88. The van der Waals surface area contributed by atoms with E-state index in [1.165, 1.54) is 0 Å². The summed E-state index contributed by atoms with van der Waals surface area (Å²) in [4.78, 5) is 10.7. The molecule has 0 bridgehead atoms. The van der Waals surface area contributed by atoms with Crippen molar-refractivity contribution in [3.63, 3.8) is 0 Å². The zero-order valence-corrected chi connectivity index (χ0v) is 10.6. The SMILES string of the molecule is CN(Cc1ccccn1)c1ccc(Br)cn1. The van der Waals surface area contributed by atoms with Gasteiger partial charge in [0.1, 0.15) is 5.82 Å². The highest BCUT2D eigenvalue weighted by atomic mass is 79.9. The van der Waals surface area contributed by atoms with E-state index in [4.69, 9.17) is 0 Å². The van der Waals surface area contributed by atoms with Crippen molar-refractivity contribution in [2.24, 2.45) is 0 Å². The highest BCUT2D eigenvalue weighted by molar-refractivity contribution is 9.10. The molecule has 3 nitrogen and oxygen atoms in total. The van der Waals surface area contributed by atoms with Crippen LogP contribution in [0, 0.1) is 0 Å². The van der Waals surface area contributed by atoms with E-state index in [0.717, 1.165) is 22.5 Å². The maximum atomic E-state index is 4.33. The minimum Gasteiger partial charge on any atom is -0.354 e. The summed E-state index contributed by atoms with van der Waals surface area (Å²) in [6, 6.07) is 9.88. The normalized spacial score (nSPS) is 10.1. The van der Waals surface area contributed by atoms with Crippen LogP contribution in [0.5, 0.6) is 0 Å². The fraction of sp³-hybridized carbons (Fsp3) is 0.167. The zero-order chi connectivity index (χ0) is 11.4. The Balaban J connectivity index is 2.09. The van der Waals surface area contributed by atoms with Crippen LogP contribution in [0.25, 0.3) is 0 Å². The predicted molar refractivity (Wildman–Crippen MR) is 68.3 cm³/mol. The Labute approximate surface area is 103 Å². The number of anilines is 1. The van der Waals surface area contributed by atoms with Crippen LogP contribution in [0.2, 0.25) is 0 Å². The molecule has 4 heteroatoms. The van der Waals surface area contributed by atoms with Gasteiger partial charge in [0.05, 0.1) is 12.2 Å². The van der Waals surface area contributed by atoms with Gasteiger partial charge < -0.3 is 4.90 Å². The van der Waals surface area contributed by atoms with Gasteiger partial charge in [-0.05, 0) is 40.2 Å². The van der Waals surface area contributed by atoms with Gasteiger partial charge in [-0.25, -0.2) is 4.98 Å². The Hall–Kier alpha value is -1.42. The van der Waals surface area contributed by atoms with E-state index in [9.17, 15) is 0 Å². The number of hydrogen-bond acceptors (Lipinski definition) is 3. The highest BCUT2D eigenvalue weighted by Crippen LogP contribution is 2.14. The molecule has 2 rings (SSSR count). The van der Waals surface area contributed by atoms with E-state index in [-0.39, 0.29) is 0 Å². The first-order chi connectivity index (χ1) is 7.75. The molecule has 16 heavy (non-hydrogen) atoms. The van der Waals surface area contributed by atoms with Crippen molar-refractivity contribution >= 4 is 21.7 Å². The summed E-state index contributed by atoms with van der Waals surface area (Å²) in [5, 5.41) is 0. The van der Waals surface area contributed by atoms with Crippen molar-refractivity contribution in [3.05, 3.63) is 52.9 Å². The third-order valence-electron chi connectivity index (χ3n) is 2.23. The summed E-state index contributed by atoms with van der Waals surface area (Å²) >= 11 is 3.37. The smallest absolute Gasteiger partial charge is 0.128 e. The largest absolute Gasteiger partial charge is 0.354 e. The second kappa shape index (κ2) is 5.07. The average molecular weight is 278 g/mol. The lowest BCUT2D eigenvalue weighted by Gasteiger charge is -2.17. The molecule has 0 N–H and O–H groups in total. The topological polar surface area (TPSA) is 29.0 Å². The Morgan fingerprint density at radius 1 is 1.19 bits per heavy atom. The van der Waals surface area contributed by atoms with Gasteiger partial charge in [0.15, 0.2) is 0 Å². The fourth-order valence-corrected chi connectivity index (χ4v) is 1.64. The van der Waals surface area contributed by atoms with Crippen LogP contribution in [0.4, 0.5) is 5.82 Å².